The summed E-state index contributed by atoms with van der Waals surface area (Å²) in [4.78, 5) is 13.3. The number of carbonyl (C=O) groups is 1. The number of amides is 1. The number of rotatable bonds is 7. The molecule has 2 N–H and O–H groups in total. The largest absolute Gasteiger partial charge is 0.491 e. The van der Waals surface area contributed by atoms with E-state index in [2.05, 4.69) is 5.32 Å². The smallest absolute Gasteiger partial charge is 0.251 e. The van der Waals surface area contributed by atoms with Crippen LogP contribution in [0, 0.1) is 0 Å². The molecule has 1 unspecified atom stereocenters. The van der Waals surface area contributed by atoms with Crippen LogP contribution in [0.2, 0.25) is 0 Å². The minimum Gasteiger partial charge on any atom is -0.491 e. The molecule has 26 heavy (non-hydrogen) atoms. The SMILES string of the molecule is CC(C)Oc1ccc(C(=O)NCC(O)(c2ccsc2)c2cccs2)cc1. The molecule has 3 aromatic rings. The first kappa shape index (κ1) is 18.6. The molecule has 2 aromatic heterocycles. The normalized spacial score (nSPS) is 13.4. The van der Waals surface area contributed by atoms with Crippen LogP contribution in [-0.2, 0) is 5.60 Å². The van der Waals surface area contributed by atoms with Crippen LogP contribution in [0.4, 0.5) is 0 Å². The number of hydrogen-bond donors (Lipinski definition) is 2. The van der Waals surface area contributed by atoms with E-state index in [0.717, 1.165) is 16.2 Å². The molecule has 0 radical (unpaired) electrons. The molecule has 0 spiro atoms. The number of thiophene rings is 2. The van der Waals surface area contributed by atoms with Crippen LogP contribution in [0.1, 0.15) is 34.6 Å². The first-order valence-corrected chi connectivity index (χ1v) is 10.2. The van der Waals surface area contributed by atoms with Gasteiger partial charge in [-0.2, -0.15) is 11.3 Å². The van der Waals surface area contributed by atoms with Crippen LogP contribution < -0.4 is 10.1 Å². The van der Waals surface area contributed by atoms with E-state index in [9.17, 15) is 9.90 Å². The summed E-state index contributed by atoms with van der Waals surface area (Å²) in [5.74, 6) is 0.497. The molecule has 0 fully saturated rings. The fourth-order valence-corrected chi connectivity index (χ4v) is 4.18. The summed E-state index contributed by atoms with van der Waals surface area (Å²) in [5.41, 5.74) is 0.0794. The topological polar surface area (TPSA) is 58.6 Å². The highest BCUT2D eigenvalue weighted by Gasteiger charge is 2.33. The second-order valence-corrected chi connectivity index (χ2v) is 7.95. The molecule has 0 saturated carbocycles. The second-order valence-electron chi connectivity index (χ2n) is 6.22. The van der Waals surface area contributed by atoms with Crippen molar-refractivity contribution in [1.82, 2.24) is 5.32 Å². The average molecular weight is 388 g/mol. The van der Waals surface area contributed by atoms with Crippen LogP contribution in [0.5, 0.6) is 5.75 Å². The van der Waals surface area contributed by atoms with Gasteiger partial charge < -0.3 is 15.2 Å². The van der Waals surface area contributed by atoms with E-state index >= 15 is 0 Å². The highest BCUT2D eigenvalue weighted by atomic mass is 32.1. The molecule has 0 aliphatic rings. The van der Waals surface area contributed by atoms with E-state index in [1.807, 2.05) is 48.2 Å². The van der Waals surface area contributed by atoms with E-state index in [4.69, 9.17) is 4.74 Å². The van der Waals surface area contributed by atoms with Crippen molar-refractivity contribution in [1.29, 1.82) is 0 Å². The Morgan fingerprint density at radius 2 is 1.96 bits per heavy atom. The zero-order chi connectivity index (χ0) is 18.6. The Morgan fingerprint density at radius 3 is 2.54 bits per heavy atom. The van der Waals surface area contributed by atoms with Crippen molar-refractivity contribution in [2.75, 3.05) is 6.54 Å². The number of hydrogen-bond acceptors (Lipinski definition) is 5. The van der Waals surface area contributed by atoms with Gasteiger partial charge in [-0.15, -0.1) is 11.3 Å². The maximum atomic E-state index is 12.5. The minimum atomic E-state index is -1.23. The molecule has 0 saturated heterocycles. The van der Waals surface area contributed by atoms with Crippen molar-refractivity contribution >= 4 is 28.6 Å². The van der Waals surface area contributed by atoms with Crippen molar-refractivity contribution in [2.45, 2.75) is 25.6 Å². The number of ether oxygens (including phenoxy) is 1. The first-order chi connectivity index (χ1) is 12.5. The molecule has 0 aliphatic heterocycles. The highest BCUT2D eigenvalue weighted by molar-refractivity contribution is 7.10. The average Bonchev–Trinajstić information content (AvgIpc) is 3.33. The molecule has 2 heterocycles. The van der Waals surface area contributed by atoms with E-state index < -0.39 is 5.60 Å². The van der Waals surface area contributed by atoms with E-state index in [1.54, 1.807) is 24.3 Å². The summed E-state index contributed by atoms with van der Waals surface area (Å²) in [6.07, 6.45) is 0.0843. The number of aliphatic hydroxyl groups is 1. The van der Waals surface area contributed by atoms with Gasteiger partial charge in [0, 0.05) is 16.0 Å². The van der Waals surface area contributed by atoms with Crippen LogP contribution in [-0.4, -0.2) is 23.7 Å². The molecular weight excluding hydrogens is 366 g/mol. The first-order valence-electron chi connectivity index (χ1n) is 8.33. The number of benzene rings is 1. The second kappa shape index (κ2) is 8.03. The molecule has 1 aromatic carbocycles. The quantitative estimate of drug-likeness (QED) is 0.637. The maximum Gasteiger partial charge on any atom is 0.251 e. The van der Waals surface area contributed by atoms with Gasteiger partial charge in [0.2, 0.25) is 0 Å². The predicted molar refractivity (Wildman–Crippen MR) is 106 cm³/mol. The number of nitrogens with one attached hydrogen (secondary N) is 1. The van der Waals surface area contributed by atoms with Crippen LogP contribution in [0.3, 0.4) is 0 Å². The third-order valence-corrected chi connectivity index (χ3v) is 5.62. The van der Waals surface area contributed by atoms with Crippen molar-refractivity contribution in [2.24, 2.45) is 0 Å². The number of carbonyl (C=O) groups excluding carboxylic acids is 1. The monoisotopic (exact) mass is 387 g/mol. The fraction of sp³-hybridized carbons (Fsp3) is 0.250. The van der Waals surface area contributed by atoms with Crippen molar-refractivity contribution in [3.8, 4) is 5.75 Å². The summed E-state index contributed by atoms with van der Waals surface area (Å²) >= 11 is 2.99. The third-order valence-electron chi connectivity index (χ3n) is 3.92. The molecule has 1 amide bonds. The van der Waals surface area contributed by atoms with Gasteiger partial charge in [0.1, 0.15) is 11.4 Å². The molecule has 1 atom stereocenters. The standard InChI is InChI=1S/C20H21NO3S2/c1-14(2)24-17-7-5-15(6-8-17)19(22)21-13-20(23,16-9-11-25-12-16)18-4-3-10-26-18/h3-12,14,23H,13H2,1-2H3,(H,21,22). The molecule has 0 bridgehead atoms. The van der Waals surface area contributed by atoms with Crippen molar-refractivity contribution < 1.29 is 14.6 Å². The lowest BCUT2D eigenvalue weighted by atomic mass is 9.94. The van der Waals surface area contributed by atoms with Crippen LogP contribution >= 0.6 is 22.7 Å². The van der Waals surface area contributed by atoms with Gasteiger partial charge in [-0.25, -0.2) is 0 Å². The van der Waals surface area contributed by atoms with Crippen LogP contribution in [0.25, 0.3) is 0 Å². The van der Waals surface area contributed by atoms with Crippen molar-refractivity contribution in [3.05, 3.63) is 74.6 Å². The van der Waals surface area contributed by atoms with Gasteiger partial charge in [0.15, 0.2) is 0 Å². The summed E-state index contributed by atoms with van der Waals surface area (Å²) in [5, 5.41) is 19.9. The van der Waals surface area contributed by atoms with Gasteiger partial charge in [-0.05, 0) is 66.4 Å². The Balaban J connectivity index is 1.72. The van der Waals surface area contributed by atoms with Gasteiger partial charge >= 0.3 is 0 Å². The Bertz CT molecular complexity index is 790. The maximum absolute atomic E-state index is 12.5. The Kier molecular flexibility index (Phi) is 5.76. The molecule has 0 aliphatic carbocycles. The van der Waals surface area contributed by atoms with Gasteiger partial charge in [-0.3, -0.25) is 4.79 Å². The van der Waals surface area contributed by atoms with E-state index in [1.165, 1.54) is 22.7 Å². The molecule has 4 nitrogen and oxygen atoms in total. The predicted octanol–water partition coefficient (Wildman–Crippen LogP) is 4.26. The zero-order valence-corrected chi connectivity index (χ0v) is 16.3. The lowest BCUT2D eigenvalue weighted by Gasteiger charge is -2.27. The Labute approximate surface area is 161 Å². The summed E-state index contributed by atoms with van der Waals surface area (Å²) in [6, 6.07) is 12.7. The van der Waals surface area contributed by atoms with Gasteiger partial charge in [0.25, 0.3) is 5.91 Å². The summed E-state index contributed by atoms with van der Waals surface area (Å²) < 4.78 is 5.59. The van der Waals surface area contributed by atoms with Crippen LogP contribution in [0.15, 0.2) is 58.6 Å². The van der Waals surface area contributed by atoms with E-state index in [0.29, 0.717) is 5.56 Å². The van der Waals surface area contributed by atoms with Crippen molar-refractivity contribution in [3.63, 3.8) is 0 Å². The molecule has 136 valence electrons. The lowest BCUT2D eigenvalue weighted by molar-refractivity contribution is 0.0721. The molecular formula is C20H21NO3S2. The summed E-state index contributed by atoms with van der Waals surface area (Å²) in [6.45, 7) is 4.01. The highest BCUT2D eigenvalue weighted by Crippen LogP contribution is 2.33. The zero-order valence-electron chi connectivity index (χ0n) is 14.6. The molecule has 3 rings (SSSR count). The van der Waals surface area contributed by atoms with Gasteiger partial charge in [0.05, 0.1) is 12.6 Å². The minimum absolute atomic E-state index is 0.0843. The summed E-state index contributed by atoms with van der Waals surface area (Å²) in [7, 11) is 0. The lowest BCUT2D eigenvalue weighted by Crippen LogP contribution is -2.40. The van der Waals surface area contributed by atoms with E-state index in [-0.39, 0.29) is 18.6 Å². The Hall–Kier alpha value is -2.15. The van der Waals surface area contributed by atoms with Gasteiger partial charge in [-0.1, -0.05) is 6.07 Å². The third kappa shape index (κ3) is 4.15. The fourth-order valence-electron chi connectivity index (χ4n) is 2.61. The Morgan fingerprint density at radius 1 is 1.19 bits per heavy atom. The molecule has 6 heteroatoms.